The average Bonchev–Trinajstić information content (AvgIpc) is 3.01. The molecule has 0 atom stereocenters. The van der Waals surface area contributed by atoms with Crippen molar-refractivity contribution in [3.63, 3.8) is 0 Å². The molecular weight excluding hydrogens is 492 g/mol. The summed E-state index contributed by atoms with van der Waals surface area (Å²) in [5.74, 6) is 0.384. The van der Waals surface area contributed by atoms with Gasteiger partial charge in [0, 0.05) is 22.6 Å². The molecule has 3 heteroatoms. The van der Waals surface area contributed by atoms with Gasteiger partial charge in [0.05, 0.1) is 0 Å². The Bertz CT molecular complexity index is 1550. The predicted molar refractivity (Wildman–Crippen MR) is 162 cm³/mol. The van der Waals surface area contributed by atoms with Crippen molar-refractivity contribution >= 4 is 0 Å². The lowest BCUT2D eigenvalue weighted by Crippen LogP contribution is -2.05. The molecule has 0 saturated heterocycles. The highest BCUT2D eigenvalue weighted by atomic mass is 16.3. The van der Waals surface area contributed by atoms with Gasteiger partial charge in [0.2, 0.25) is 0 Å². The minimum Gasteiger partial charge on any atom is -0.507 e. The molecule has 0 unspecified atom stereocenters. The number of hydrogen-bond donors (Lipinski definition) is 3. The van der Waals surface area contributed by atoms with Crippen LogP contribution in [0.3, 0.4) is 0 Å². The molecule has 0 amide bonds. The van der Waals surface area contributed by atoms with E-state index in [1.807, 2.05) is 127 Å². The highest BCUT2D eigenvalue weighted by Gasteiger charge is 2.22. The van der Waals surface area contributed by atoms with Crippen LogP contribution >= 0.6 is 0 Å². The van der Waals surface area contributed by atoms with Crippen LogP contribution in [0, 0.1) is 0 Å². The van der Waals surface area contributed by atoms with Crippen molar-refractivity contribution in [2.24, 2.45) is 0 Å². The van der Waals surface area contributed by atoms with E-state index in [1.165, 1.54) is 0 Å². The Morgan fingerprint density at radius 2 is 0.600 bits per heavy atom. The van der Waals surface area contributed by atoms with Crippen LogP contribution in [0.4, 0.5) is 0 Å². The number of rotatable bonds is 6. The molecule has 6 aromatic carbocycles. The van der Waals surface area contributed by atoms with Crippen LogP contribution in [0.25, 0.3) is 33.4 Å². The summed E-state index contributed by atoms with van der Waals surface area (Å²) in [6.07, 6.45) is 0. The quantitative estimate of drug-likeness (QED) is 0.192. The lowest BCUT2D eigenvalue weighted by molar-refractivity contribution is 0.477. The van der Waals surface area contributed by atoms with Crippen molar-refractivity contribution in [2.45, 2.75) is 5.92 Å². The van der Waals surface area contributed by atoms with Crippen LogP contribution in [0.15, 0.2) is 146 Å². The highest BCUT2D eigenvalue weighted by molar-refractivity contribution is 5.75. The first-order valence-corrected chi connectivity index (χ1v) is 13.2. The molecule has 0 fully saturated rings. The molecule has 0 aliphatic carbocycles. The third kappa shape index (κ3) is 4.93. The highest BCUT2D eigenvalue weighted by Crippen LogP contribution is 2.42. The molecule has 6 aromatic rings. The second-order valence-corrected chi connectivity index (χ2v) is 9.86. The molecule has 0 heterocycles. The second-order valence-electron chi connectivity index (χ2n) is 9.86. The molecule has 0 aliphatic rings. The van der Waals surface area contributed by atoms with Crippen LogP contribution in [0.5, 0.6) is 17.2 Å². The second kappa shape index (κ2) is 10.8. The monoisotopic (exact) mass is 520 g/mol. The summed E-state index contributed by atoms with van der Waals surface area (Å²) in [4.78, 5) is 0. The maximum atomic E-state index is 10.8. The molecule has 3 N–H and O–H groups in total. The van der Waals surface area contributed by atoms with Crippen molar-refractivity contribution in [2.75, 3.05) is 0 Å². The summed E-state index contributed by atoms with van der Waals surface area (Å²) in [6, 6.07) is 46.6. The Hall–Kier alpha value is -5.28. The van der Waals surface area contributed by atoms with Gasteiger partial charge < -0.3 is 15.3 Å². The first kappa shape index (κ1) is 25.0. The van der Waals surface area contributed by atoms with E-state index in [2.05, 4.69) is 0 Å². The molecular formula is C37H28O3. The van der Waals surface area contributed by atoms with Crippen LogP contribution in [0.2, 0.25) is 0 Å². The molecule has 0 aliphatic heterocycles. The number of benzene rings is 6. The molecule has 0 saturated carbocycles. The molecule has 0 spiro atoms. The summed E-state index contributed by atoms with van der Waals surface area (Å²) in [7, 11) is 0. The van der Waals surface area contributed by atoms with E-state index in [-0.39, 0.29) is 23.2 Å². The maximum absolute atomic E-state index is 10.8. The normalized spacial score (nSPS) is 11.0. The van der Waals surface area contributed by atoms with Crippen LogP contribution in [-0.2, 0) is 0 Å². The summed E-state index contributed by atoms with van der Waals surface area (Å²) < 4.78 is 0. The van der Waals surface area contributed by atoms with Gasteiger partial charge in [0.1, 0.15) is 17.2 Å². The van der Waals surface area contributed by atoms with Gasteiger partial charge in [-0.1, -0.05) is 109 Å². The lowest BCUT2D eigenvalue weighted by atomic mass is 9.82. The Balaban J connectivity index is 1.57. The zero-order valence-corrected chi connectivity index (χ0v) is 21.8. The van der Waals surface area contributed by atoms with Gasteiger partial charge in [-0.05, 0) is 69.8 Å². The molecule has 0 bridgehead atoms. The van der Waals surface area contributed by atoms with Crippen LogP contribution < -0.4 is 0 Å². The van der Waals surface area contributed by atoms with E-state index in [0.29, 0.717) is 0 Å². The maximum Gasteiger partial charge on any atom is 0.123 e. The van der Waals surface area contributed by atoms with Gasteiger partial charge in [0.15, 0.2) is 0 Å². The first-order valence-electron chi connectivity index (χ1n) is 13.2. The minimum atomic E-state index is -0.241. The number of aromatic hydroxyl groups is 3. The van der Waals surface area contributed by atoms with Gasteiger partial charge >= 0.3 is 0 Å². The van der Waals surface area contributed by atoms with Gasteiger partial charge in [-0.25, -0.2) is 0 Å². The van der Waals surface area contributed by atoms with E-state index in [0.717, 1.165) is 50.1 Å². The molecule has 194 valence electrons. The van der Waals surface area contributed by atoms with E-state index in [4.69, 9.17) is 0 Å². The van der Waals surface area contributed by atoms with Crippen molar-refractivity contribution < 1.29 is 15.3 Å². The number of hydrogen-bond acceptors (Lipinski definition) is 3. The van der Waals surface area contributed by atoms with Gasteiger partial charge in [-0.2, -0.15) is 0 Å². The smallest absolute Gasteiger partial charge is 0.123 e. The van der Waals surface area contributed by atoms with Gasteiger partial charge in [0.25, 0.3) is 0 Å². The van der Waals surface area contributed by atoms with E-state index in [9.17, 15) is 15.3 Å². The minimum absolute atomic E-state index is 0.208. The van der Waals surface area contributed by atoms with Crippen LogP contribution in [0.1, 0.15) is 22.6 Å². The van der Waals surface area contributed by atoms with Crippen molar-refractivity contribution in [3.8, 4) is 50.6 Å². The Morgan fingerprint density at radius 1 is 0.325 bits per heavy atom. The Morgan fingerprint density at radius 3 is 0.875 bits per heavy atom. The fraction of sp³-hybridized carbons (Fsp3) is 0.0270. The van der Waals surface area contributed by atoms with Gasteiger partial charge in [-0.15, -0.1) is 0 Å². The largest absolute Gasteiger partial charge is 0.507 e. The van der Waals surface area contributed by atoms with Gasteiger partial charge in [-0.3, -0.25) is 0 Å². The molecule has 0 radical (unpaired) electrons. The van der Waals surface area contributed by atoms with Crippen molar-refractivity contribution in [1.29, 1.82) is 0 Å². The third-order valence-corrected chi connectivity index (χ3v) is 7.32. The van der Waals surface area contributed by atoms with Crippen molar-refractivity contribution in [3.05, 3.63) is 162 Å². The van der Waals surface area contributed by atoms with E-state index < -0.39 is 0 Å². The fourth-order valence-electron chi connectivity index (χ4n) is 5.32. The summed E-state index contributed by atoms with van der Waals surface area (Å²) in [6.45, 7) is 0. The molecule has 40 heavy (non-hydrogen) atoms. The molecule has 3 nitrogen and oxygen atoms in total. The van der Waals surface area contributed by atoms with E-state index in [1.54, 1.807) is 18.2 Å². The lowest BCUT2D eigenvalue weighted by Gasteiger charge is -2.22. The fourth-order valence-corrected chi connectivity index (χ4v) is 5.32. The SMILES string of the molecule is Oc1ccc(C(c2ccc(O)c(-c3ccccc3)c2)c2ccc(O)c(-c3ccccc3)c2)cc1-c1ccccc1. The average molecular weight is 521 g/mol. The first-order chi connectivity index (χ1) is 19.6. The zero-order chi connectivity index (χ0) is 27.5. The van der Waals surface area contributed by atoms with E-state index >= 15 is 0 Å². The standard InChI is InChI=1S/C37H28O3/c38-34-19-16-28(22-31(34)25-10-4-1-5-11-25)37(29-17-20-35(39)32(23-29)26-12-6-2-7-13-26)30-18-21-36(40)33(24-30)27-14-8-3-9-15-27/h1-24,37-40H. The Labute approximate surface area is 233 Å². The topological polar surface area (TPSA) is 60.7 Å². The number of phenolic OH excluding ortho intramolecular Hbond substituents is 3. The third-order valence-electron chi connectivity index (χ3n) is 7.32. The molecule has 6 rings (SSSR count). The Kier molecular flexibility index (Phi) is 6.78. The predicted octanol–water partition coefficient (Wildman–Crippen LogP) is 8.98. The summed E-state index contributed by atoms with van der Waals surface area (Å²) >= 11 is 0. The van der Waals surface area contributed by atoms with Crippen LogP contribution in [-0.4, -0.2) is 15.3 Å². The van der Waals surface area contributed by atoms with Crippen molar-refractivity contribution in [1.82, 2.24) is 0 Å². The number of phenols is 3. The molecule has 0 aromatic heterocycles. The summed E-state index contributed by atoms with van der Waals surface area (Å²) in [5.41, 5.74) is 7.93. The summed E-state index contributed by atoms with van der Waals surface area (Å²) in [5, 5.41) is 32.4. The zero-order valence-electron chi connectivity index (χ0n) is 21.8.